The maximum absolute atomic E-state index is 13.1. The average Bonchev–Trinajstić information content (AvgIpc) is 3.41. The minimum atomic E-state index is -0.501. The topological polar surface area (TPSA) is 89.9 Å². The minimum Gasteiger partial charge on any atom is -0.495 e. The van der Waals surface area contributed by atoms with Crippen molar-refractivity contribution in [1.29, 1.82) is 0 Å². The number of para-hydroxylation sites is 4. The first-order valence-corrected chi connectivity index (χ1v) is 12.8. The van der Waals surface area contributed by atoms with Gasteiger partial charge in [0.15, 0.2) is 0 Å². The Balaban J connectivity index is 1.31. The molecule has 38 heavy (non-hydrogen) atoms. The Morgan fingerprint density at radius 1 is 0.974 bits per heavy atom. The molecule has 0 unspecified atom stereocenters. The van der Waals surface area contributed by atoms with Crippen molar-refractivity contribution in [3.05, 3.63) is 95.5 Å². The summed E-state index contributed by atoms with van der Waals surface area (Å²) in [5, 5.41) is 3.16. The highest BCUT2D eigenvalue weighted by atomic mass is 32.2. The minimum absolute atomic E-state index is 0.267. The summed E-state index contributed by atoms with van der Waals surface area (Å²) in [7, 11) is 1.50. The number of amides is 3. The summed E-state index contributed by atoms with van der Waals surface area (Å²) in [5.41, 5.74) is 2.27. The first-order valence-electron chi connectivity index (χ1n) is 12.0. The van der Waals surface area contributed by atoms with Crippen LogP contribution in [-0.2, 0) is 16.1 Å². The summed E-state index contributed by atoms with van der Waals surface area (Å²) in [5.74, 6) is 0.292. The van der Waals surface area contributed by atoms with Crippen LogP contribution in [0.3, 0.4) is 0 Å². The standard InChI is InChI=1S/C29H25N3O5S/c1-36-25-14-8-6-12-23(25)30-27(33)19-32-28(34)26(38-29(32)35)17-20-18-31(24-13-7-5-11-22(20)24)15-16-37-21-9-3-2-4-10-21/h2-14,17-18H,15-16,19H2,1H3,(H,30,33)/b26-17-. The van der Waals surface area contributed by atoms with E-state index < -0.39 is 23.6 Å². The number of thioether (sulfide) groups is 1. The van der Waals surface area contributed by atoms with Crippen LogP contribution in [0.2, 0.25) is 0 Å². The number of rotatable bonds is 9. The summed E-state index contributed by atoms with van der Waals surface area (Å²) in [4.78, 5) is 39.6. The van der Waals surface area contributed by atoms with Crippen LogP contribution in [-0.4, -0.2) is 46.8 Å². The lowest BCUT2D eigenvalue weighted by molar-refractivity contribution is -0.127. The highest BCUT2D eigenvalue weighted by Crippen LogP contribution is 2.34. The van der Waals surface area contributed by atoms with Crippen molar-refractivity contribution >= 4 is 51.5 Å². The fraction of sp³-hybridized carbons (Fsp3) is 0.138. The Morgan fingerprint density at radius 2 is 1.71 bits per heavy atom. The van der Waals surface area contributed by atoms with Crippen molar-refractivity contribution < 1.29 is 23.9 Å². The molecule has 0 radical (unpaired) electrons. The summed E-state index contributed by atoms with van der Waals surface area (Å²) in [6.07, 6.45) is 3.65. The van der Waals surface area contributed by atoms with Crippen LogP contribution in [0.1, 0.15) is 5.56 Å². The van der Waals surface area contributed by atoms with Crippen LogP contribution in [0.15, 0.2) is 90.0 Å². The Bertz CT molecular complexity index is 1530. The number of carbonyl (C=O) groups is 3. The van der Waals surface area contributed by atoms with Gasteiger partial charge in [-0.05, 0) is 48.2 Å². The third kappa shape index (κ3) is 5.42. The predicted octanol–water partition coefficient (Wildman–Crippen LogP) is 5.40. The SMILES string of the molecule is COc1ccccc1NC(=O)CN1C(=O)S/C(=C\c2cn(CCOc3ccccc3)c3ccccc23)C1=O. The van der Waals surface area contributed by atoms with E-state index in [-0.39, 0.29) is 4.91 Å². The smallest absolute Gasteiger partial charge is 0.294 e. The van der Waals surface area contributed by atoms with E-state index in [1.54, 1.807) is 30.3 Å². The number of hydrogen-bond donors (Lipinski definition) is 1. The highest BCUT2D eigenvalue weighted by molar-refractivity contribution is 8.18. The number of ether oxygens (including phenoxy) is 2. The molecule has 4 aromatic rings. The van der Waals surface area contributed by atoms with Gasteiger partial charge in [0.1, 0.15) is 24.7 Å². The van der Waals surface area contributed by atoms with Crippen molar-refractivity contribution in [3.63, 3.8) is 0 Å². The lowest BCUT2D eigenvalue weighted by atomic mass is 10.1. The number of aromatic nitrogens is 1. The Hall–Kier alpha value is -4.50. The van der Waals surface area contributed by atoms with Gasteiger partial charge in [-0.3, -0.25) is 19.3 Å². The molecule has 5 rings (SSSR count). The molecule has 0 atom stereocenters. The second-order valence-electron chi connectivity index (χ2n) is 8.47. The molecule has 192 valence electrons. The second-order valence-corrected chi connectivity index (χ2v) is 9.47. The maximum Gasteiger partial charge on any atom is 0.294 e. The molecule has 1 aliphatic rings. The third-order valence-electron chi connectivity index (χ3n) is 6.01. The molecule has 3 aromatic carbocycles. The fourth-order valence-corrected chi connectivity index (χ4v) is 5.04. The van der Waals surface area contributed by atoms with E-state index in [0.717, 1.165) is 38.9 Å². The van der Waals surface area contributed by atoms with Crippen molar-refractivity contribution in [1.82, 2.24) is 9.47 Å². The number of benzene rings is 3. The van der Waals surface area contributed by atoms with E-state index in [2.05, 4.69) is 9.88 Å². The number of anilines is 1. The molecule has 3 amide bonds. The van der Waals surface area contributed by atoms with E-state index in [0.29, 0.717) is 24.6 Å². The molecule has 8 nitrogen and oxygen atoms in total. The van der Waals surface area contributed by atoms with Gasteiger partial charge in [-0.1, -0.05) is 48.5 Å². The second kappa shape index (κ2) is 11.3. The molecule has 0 bridgehead atoms. The van der Waals surface area contributed by atoms with E-state index in [4.69, 9.17) is 9.47 Å². The van der Waals surface area contributed by atoms with Gasteiger partial charge in [0.25, 0.3) is 11.1 Å². The molecule has 0 aliphatic carbocycles. The van der Waals surface area contributed by atoms with Gasteiger partial charge in [-0.2, -0.15) is 0 Å². The largest absolute Gasteiger partial charge is 0.495 e. The monoisotopic (exact) mass is 527 g/mol. The van der Waals surface area contributed by atoms with Crippen LogP contribution in [0.25, 0.3) is 17.0 Å². The van der Waals surface area contributed by atoms with Gasteiger partial charge in [-0.15, -0.1) is 0 Å². The zero-order valence-electron chi connectivity index (χ0n) is 20.6. The number of methoxy groups -OCH3 is 1. The Kier molecular flexibility index (Phi) is 7.46. The lowest BCUT2D eigenvalue weighted by Crippen LogP contribution is -2.36. The van der Waals surface area contributed by atoms with Crippen LogP contribution >= 0.6 is 11.8 Å². The quantitative estimate of drug-likeness (QED) is 0.293. The summed E-state index contributed by atoms with van der Waals surface area (Å²) >= 11 is 0.825. The molecule has 1 fully saturated rings. The molecule has 1 saturated heterocycles. The number of imide groups is 1. The predicted molar refractivity (Wildman–Crippen MR) is 148 cm³/mol. The van der Waals surface area contributed by atoms with Gasteiger partial charge in [-0.25, -0.2) is 0 Å². The lowest BCUT2D eigenvalue weighted by Gasteiger charge is -2.14. The summed E-state index contributed by atoms with van der Waals surface area (Å²) in [6, 6.07) is 24.4. The zero-order chi connectivity index (χ0) is 26.5. The first kappa shape index (κ1) is 25.2. The molecule has 0 saturated carbocycles. The highest BCUT2D eigenvalue weighted by Gasteiger charge is 2.36. The van der Waals surface area contributed by atoms with Gasteiger partial charge >= 0.3 is 0 Å². The summed E-state index contributed by atoms with van der Waals surface area (Å²) < 4.78 is 13.2. The molecule has 2 heterocycles. The molecule has 1 aliphatic heterocycles. The van der Waals surface area contributed by atoms with Crippen molar-refractivity contribution in [2.24, 2.45) is 0 Å². The molecular formula is C29H25N3O5S. The number of carbonyl (C=O) groups excluding carboxylic acids is 3. The Labute approximate surface area is 223 Å². The van der Waals surface area contributed by atoms with Crippen LogP contribution in [0, 0.1) is 0 Å². The van der Waals surface area contributed by atoms with E-state index >= 15 is 0 Å². The van der Waals surface area contributed by atoms with Crippen molar-refractivity contribution in [3.8, 4) is 11.5 Å². The fourth-order valence-electron chi connectivity index (χ4n) is 4.21. The van der Waals surface area contributed by atoms with Crippen molar-refractivity contribution in [2.45, 2.75) is 6.54 Å². The van der Waals surface area contributed by atoms with E-state index in [1.165, 1.54) is 7.11 Å². The molecule has 0 spiro atoms. The van der Waals surface area contributed by atoms with Crippen LogP contribution in [0.4, 0.5) is 10.5 Å². The van der Waals surface area contributed by atoms with E-state index in [1.807, 2.05) is 60.8 Å². The average molecular weight is 528 g/mol. The number of nitrogens with zero attached hydrogens (tertiary/aromatic N) is 2. The van der Waals surface area contributed by atoms with E-state index in [9.17, 15) is 14.4 Å². The van der Waals surface area contributed by atoms with Gasteiger partial charge in [0, 0.05) is 22.7 Å². The Morgan fingerprint density at radius 3 is 2.53 bits per heavy atom. The summed E-state index contributed by atoms with van der Waals surface area (Å²) in [6.45, 7) is 0.687. The number of hydrogen-bond acceptors (Lipinski definition) is 6. The van der Waals surface area contributed by atoms with Gasteiger partial charge in [0.05, 0.1) is 24.2 Å². The van der Waals surface area contributed by atoms with Gasteiger partial charge in [0.2, 0.25) is 5.91 Å². The molecular weight excluding hydrogens is 502 g/mol. The normalized spacial score (nSPS) is 14.3. The number of fused-ring (bicyclic) bond motifs is 1. The van der Waals surface area contributed by atoms with Crippen molar-refractivity contribution in [2.75, 3.05) is 25.6 Å². The number of nitrogens with one attached hydrogen (secondary N) is 1. The van der Waals surface area contributed by atoms with Crippen LogP contribution < -0.4 is 14.8 Å². The molecule has 1 N–H and O–H groups in total. The first-order chi connectivity index (χ1) is 18.5. The molecule has 9 heteroatoms. The zero-order valence-corrected chi connectivity index (χ0v) is 21.4. The molecule has 1 aromatic heterocycles. The van der Waals surface area contributed by atoms with Crippen LogP contribution in [0.5, 0.6) is 11.5 Å². The van der Waals surface area contributed by atoms with Gasteiger partial charge < -0.3 is 19.4 Å². The third-order valence-corrected chi connectivity index (χ3v) is 6.91. The maximum atomic E-state index is 13.1.